The molecule has 0 saturated heterocycles. The van der Waals surface area contributed by atoms with Gasteiger partial charge in [0.2, 0.25) is 5.91 Å². The first-order valence-electron chi connectivity index (χ1n) is 7.16. The summed E-state index contributed by atoms with van der Waals surface area (Å²) >= 11 is 3.48. The molecule has 1 amide bonds. The predicted molar refractivity (Wildman–Crippen MR) is 84.0 cm³/mol. The first-order valence-corrected chi connectivity index (χ1v) is 7.95. The second-order valence-electron chi connectivity index (χ2n) is 5.59. The maximum Gasteiger partial charge on any atom is 0.223 e. The van der Waals surface area contributed by atoms with E-state index >= 15 is 0 Å². The van der Waals surface area contributed by atoms with Crippen molar-refractivity contribution in [2.45, 2.75) is 51.6 Å². The van der Waals surface area contributed by atoms with Crippen LogP contribution < -0.4 is 4.74 Å². The Hall–Kier alpha value is -1.03. The number of hydrogen-bond acceptors (Lipinski definition) is 2. The molecule has 1 fully saturated rings. The number of carbonyl (C=O) groups excluding carboxylic acids is 1. The van der Waals surface area contributed by atoms with E-state index in [1.807, 2.05) is 18.2 Å². The van der Waals surface area contributed by atoms with Crippen LogP contribution in [-0.4, -0.2) is 30.0 Å². The van der Waals surface area contributed by atoms with Crippen LogP contribution in [0.15, 0.2) is 22.7 Å². The summed E-state index contributed by atoms with van der Waals surface area (Å²) in [5.74, 6) is 1.09. The summed E-state index contributed by atoms with van der Waals surface area (Å²) in [5, 5.41) is 0. The first kappa shape index (κ1) is 15.4. The zero-order chi connectivity index (χ0) is 14.7. The van der Waals surface area contributed by atoms with Gasteiger partial charge in [-0.25, -0.2) is 0 Å². The molecular weight excluding hydrogens is 318 g/mol. The van der Waals surface area contributed by atoms with Crippen LogP contribution in [0.3, 0.4) is 0 Å². The normalized spacial score (nSPS) is 14.4. The van der Waals surface area contributed by atoms with E-state index in [0.29, 0.717) is 18.5 Å². The lowest BCUT2D eigenvalue weighted by atomic mass is 10.1. The Morgan fingerprint density at radius 2 is 2.15 bits per heavy atom. The van der Waals surface area contributed by atoms with Gasteiger partial charge >= 0.3 is 0 Å². The van der Waals surface area contributed by atoms with Gasteiger partial charge in [0.15, 0.2) is 0 Å². The largest absolute Gasteiger partial charge is 0.496 e. The SMILES string of the molecule is COc1ccc(CCC(=O)N(C(C)C)C2CC2)cc1Br. The average Bonchev–Trinajstić information content (AvgIpc) is 3.21. The molecule has 0 N–H and O–H groups in total. The molecular formula is C16H22BrNO2. The molecule has 0 bridgehead atoms. The highest BCUT2D eigenvalue weighted by Gasteiger charge is 2.33. The summed E-state index contributed by atoms with van der Waals surface area (Å²) in [4.78, 5) is 14.4. The summed E-state index contributed by atoms with van der Waals surface area (Å²) in [6, 6.07) is 6.78. The number of hydrogen-bond donors (Lipinski definition) is 0. The molecule has 110 valence electrons. The Bertz CT molecular complexity index is 481. The lowest BCUT2D eigenvalue weighted by Gasteiger charge is -2.26. The van der Waals surface area contributed by atoms with Crippen LogP contribution in [0.25, 0.3) is 0 Å². The Kier molecular flexibility index (Phi) is 5.08. The molecule has 4 heteroatoms. The summed E-state index contributed by atoms with van der Waals surface area (Å²) in [5.41, 5.74) is 1.16. The molecule has 0 atom stereocenters. The van der Waals surface area contributed by atoms with Gasteiger partial charge in [-0.15, -0.1) is 0 Å². The Morgan fingerprint density at radius 1 is 1.45 bits per heavy atom. The van der Waals surface area contributed by atoms with E-state index in [-0.39, 0.29) is 5.91 Å². The predicted octanol–water partition coefficient (Wildman–Crippen LogP) is 3.79. The second-order valence-corrected chi connectivity index (χ2v) is 6.45. The fraction of sp³-hybridized carbons (Fsp3) is 0.562. The molecule has 3 nitrogen and oxygen atoms in total. The molecule has 20 heavy (non-hydrogen) atoms. The topological polar surface area (TPSA) is 29.5 Å². The number of ether oxygens (including phenoxy) is 1. The minimum atomic E-state index is 0.273. The molecule has 1 saturated carbocycles. The van der Waals surface area contributed by atoms with Gasteiger partial charge < -0.3 is 9.64 Å². The van der Waals surface area contributed by atoms with Crippen molar-refractivity contribution < 1.29 is 9.53 Å². The standard InChI is InChI=1S/C16H22BrNO2/c1-11(2)18(13-6-7-13)16(19)9-5-12-4-8-15(20-3)14(17)10-12/h4,8,10-11,13H,5-7,9H2,1-3H3. The smallest absolute Gasteiger partial charge is 0.223 e. The molecule has 1 aromatic carbocycles. The van der Waals surface area contributed by atoms with E-state index < -0.39 is 0 Å². The van der Waals surface area contributed by atoms with E-state index in [1.165, 1.54) is 0 Å². The van der Waals surface area contributed by atoms with Gasteiger partial charge in [0.25, 0.3) is 0 Å². The van der Waals surface area contributed by atoms with Crippen molar-refractivity contribution in [3.63, 3.8) is 0 Å². The van der Waals surface area contributed by atoms with E-state index in [0.717, 1.165) is 35.0 Å². The van der Waals surface area contributed by atoms with Crippen molar-refractivity contribution in [2.24, 2.45) is 0 Å². The minimum absolute atomic E-state index is 0.273. The fourth-order valence-electron chi connectivity index (χ4n) is 2.51. The third kappa shape index (κ3) is 3.75. The third-order valence-corrected chi connectivity index (χ3v) is 4.25. The molecule has 0 spiro atoms. The van der Waals surface area contributed by atoms with Gasteiger partial charge in [-0.2, -0.15) is 0 Å². The van der Waals surface area contributed by atoms with Gasteiger partial charge in [0.1, 0.15) is 5.75 Å². The molecule has 0 unspecified atom stereocenters. The number of amides is 1. The van der Waals surface area contributed by atoms with Crippen LogP contribution in [0, 0.1) is 0 Å². The number of aryl methyl sites for hydroxylation is 1. The van der Waals surface area contributed by atoms with Crippen molar-refractivity contribution in [1.29, 1.82) is 0 Å². The van der Waals surface area contributed by atoms with E-state index in [9.17, 15) is 4.79 Å². The maximum absolute atomic E-state index is 12.3. The van der Waals surface area contributed by atoms with Crippen molar-refractivity contribution in [2.75, 3.05) is 7.11 Å². The van der Waals surface area contributed by atoms with Crippen LogP contribution in [0.5, 0.6) is 5.75 Å². The summed E-state index contributed by atoms with van der Waals surface area (Å²) < 4.78 is 6.15. The second kappa shape index (κ2) is 6.61. The molecule has 1 aromatic rings. The highest BCUT2D eigenvalue weighted by Crippen LogP contribution is 2.30. The number of rotatable bonds is 6. The molecule has 2 rings (SSSR count). The van der Waals surface area contributed by atoms with Crippen LogP contribution in [-0.2, 0) is 11.2 Å². The van der Waals surface area contributed by atoms with Gasteiger partial charge in [-0.05, 0) is 66.7 Å². The highest BCUT2D eigenvalue weighted by molar-refractivity contribution is 9.10. The van der Waals surface area contributed by atoms with Crippen LogP contribution >= 0.6 is 15.9 Å². The molecule has 0 aromatic heterocycles. The average molecular weight is 340 g/mol. The highest BCUT2D eigenvalue weighted by atomic mass is 79.9. The third-order valence-electron chi connectivity index (χ3n) is 3.63. The minimum Gasteiger partial charge on any atom is -0.496 e. The quantitative estimate of drug-likeness (QED) is 0.789. The Morgan fingerprint density at radius 3 is 2.65 bits per heavy atom. The lowest BCUT2D eigenvalue weighted by molar-refractivity contribution is -0.133. The zero-order valence-corrected chi connectivity index (χ0v) is 13.9. The number of halogens is 1. The molecule has 1 aliphatic rings. The van der Waals surface area contributed by atoms with Crippen LogP contribution in [0.1, 0.15) is 38.7 Å². The van der Waals surface area contributed by atoms with E-state index in [1.54, 1.807) is 7.11 Å². The van der Waals surface area contributed by atoms with Crippen molar-refractivity contribution in [1.82, 2.24) is 4.90 Å². The van der Waals surface area contributed by atoms with Gasteiger partial charge in [0.05, 0.1) is 11.6 Å². The van der Waals surface area contributed by atoms with Crippen molar-refractivity contribution >= 4 is 21.8 Å². The molecule has 0 aliphatic heterocycles. The van der Waals surface area contributed by atoms with Crippen molar-refractivity contribution in [3.8, 4) is 5.75 Å². The Balaban J connectivity index is 1.94. The maximum atomic E-state index is 12.3. The summed E-state index contributed by atoms with van der Waals surface area (Å²) in [6.07, 6.45) is 3.68. The molecule has 0 heterocycles. The van der Waals surface area contributed by atoms with Crippen molar-refractivity contribution in [3.05, 3.63) is 28.2 Å². The fourth-order valence-corrected chi connectivity index (χ4v) is 3.10. The van der Waals surface area contributed by atoms with Gasteiger partial charge in [0, 0.05) is 18.5 Å². The number of benzene rings is 1. The van der Waals surface area contributed by atoms with E-state index in [2.05, 4.69) is 34.7 Å². The van der Waals surface area contributed by atoms with E-state index in [4.69, 9.17) is 4.74 Å². The Labute approximate surface area is 129 Å². The lowest BCUT2D eigenvalue weighted by Crippen LogP contribution is -2.38. The monoisotopic (exact) mass is 339 g/mol. The molecule has 0 radical (unpaired) electrons. The zero-order valence-electron chi connectivity index (χ0n) is 12.4. The number of nitrogens with zero attached hydrogens (tertiary/aromatic N) is 1. The number of carbonyl (C=O) groups is 1. The number of methoxy groups -OCH3 is 1. The molecule has 1 aliphatic carbocycles. The summed E-state index contributed by atoms with van der Waals surface area (Å²) in [7, 11) is 1.65. The van der Waals surface area contributed by atoms with Gasteiger partial charge in [-0.1, -0.05) is 6.07 Å². The van der Waals surface area contributed by atoms with Gasteiger partial charge in [-0.3, -0.25) is 4.79 Å². The summed E-state index contributed by atoms with van der Waals surface area (Å²) in [6.45, 7) is 4.19. The van der Waals surface area contributed by atoms with Crippen LogP contribution in [0.2, 0.25) is 0 Å². The first-order chi connectivity index (χ1) is 9.52. The van der Waals surface area contributed by atoms with Crippen LogP contribution in [0.4, 0.5) is 0 Å².